The largest absolute Gasteiger partial charge is 0.353 e. The van der Waals surface area contributed by atoms with Gasteiger partial charge < -0.3 is 10.2 Å². The van der Waals surface area contributed by atoms with Crippen molar-refractivity contribution in [3.05, 3.63) is 11.9 Å². The fraction of sp³-hybridized carbons (Fsp3) is 0.750. The molecule has 3 saturated heterocycles. The molecule has 0 radical (unpaired) electrons. The SMILES string of the molecule is CC(=O)c1cn(C[C@H]2C[C@H]3CC[NH+]2C[C@@H]3C(=O)NC(C)C)nn1. The maximum Gasteiger partial charge on any atom is 0.229 e. The van der Waals surface area contributed by atoms with Crippen LogP contribution in [0.3, 0.4) is 0 Å². The van der Waals surface area contributed by atoms with Crippen molar-refractivity contribution < 1.29 is 14.5 Å². The van der Waals surface area contributed by atoms with Gasteiger partial charge in [0.25, 0.3) is 0 Å². The molecule has 23 heavy (non-hydrogen) atoms. The number of quaternary nitrogens is 1. The van der Waals surface area contributed by atoms with Crippen LogP contribution in [-0.4, -0.2) is 51.9 Å². The van der Waals surface area contributed by atoms with Crippen LogP contribution in [-0.2, 0) is 11.3 Å². The first kappa shape index (κ1) is 16.1. The highest BCUT2D eigenvalue weighted by Gasteiger charge is 2.46. The summed E-state index contributed by atoms with van der Waals surface area (Å²) in [4.78, 5) is 25.2. The van der Waals surface area contributed by atoms with Gasteiger partial charge in [0.15, 0.2) is 5.78 Å². The van der Waals surface area contributed by atoms with Crippen molar-refractivity contribution in [3.8, 4) is 0 Å². The van der Waals surface area contributed by atoms with E-state index in [9.17, 15) is 9.59 Å². The molecule has 0 saturated carbocycles. The van der Waals surface area contributed by atoms with Gasteiger partial charge in [-0.25, -0.2) is 4.68 Å². The molecule has 0 aliphatic carbocycles. The lowest BCUT2D eigenvalue weighted by Crippen LogP contribution is -3.20. The zero-order valence-corrected chi connectivity index (χ0v) is 14.1. The third-order valence-electron chi connectivity index (χ3n) is 5.13. The molecule has 2 bridgehead atoms. The minimum atomic E-state index is -0.0560. The van der Waals surface area contributed by atoms with Gasteiger partial charge in [-0.3, -0.25) is 9.59 Å². The van der Waals surface area contributed by atoms with Gasteiger partial charge in [0.05, 0.1) is 31.7 Å². The molecule has 3 fully saturated rings. The Morgan fingerprint density at radius 3 is 2.83 bits per heavy atom. The molecule has 7 nitrogen and oxygen atoms in total. The number of hydrogen-bond donors (Lipinski definition) is 2. The molecule has 0 spiro atoms. The minimum Gasteiger partial charge on any atom is -0.353 e. The van der Waals surface area contributed by atoms with E-state index < -0.39 is 0 Å². The highest BCUT2D eigenvalue weighted by atomic mass is 16.2. The van der Waals surface area contributed by atoms with Crippen LogP contribution in [0.2, 0.25) is 0 Å². The van der Waals surface area contributed by atoms with Crippen LogP contribution in [0.15, 0.2) is 6.20 Å². The number of ketones is 1. The summed E-state index contributed by atoms with van der Waals surface area (Å²) < 4.78 is 1.78. The first-order valence-corrected chi connectivity index (χ1v) is 8.50. The number of rotatable bonds is 5. The van der Waals surface area contributed by atoms with E-state index in [1.807, 2.05) is 13.8 Å². The average molecular weight is 320 g/mol. The number of carbonyl (C=O) groups excluding carboxylic acids is 2. The quantitative estimate of drug-likeness (QED) is 0.703. The summed E-state index contributed by atoms with van der Waals surface area (Å²) in [6, 6.07) is 0.655. The number of Topliss-reactive ketones (excluding diaryl/α,β-unsaturated/α-hetero) is 1. The number of nitrogens with zero attached hydrogens (tertiary/aromatic N) is 3. The molecule has 3 aliphatic heterocycles. The van der Waals surface area contributed by atoms with Gasteiger partial charge in [-0.05, 0) is 19.8 Å². The van der Waals surface area contributed by atoms with E-state index >= 15 is 0 Å². The van der Waals surface area contributed by atoms with Crippen molar-refractivity contribution in [2.75, 3.05) is 13.1 Å². The molecule has 7 heteroatoms. The van der Waals surface area contributed by atoms with E-state index in [1.165, 1.54) is 11.8 Å². The lowest BCUT2D eigenvalue weighted by molar-refractivity contribution is -0.945. The van der Waals surface area contributed by atoms with Crippen LogP contribution < -0.4 is 10.2 Å². The Bertz CT molecular complexity index is 597. The molecular weight excluding hydrogens is 294 g/mol. The van der Waals surface area contributed by atoms with Gasteiger partial charge in [0.1, 0.15) is 11.7 Å². The maximum absolute atomic E-state index is 12.4. The second-order valence-corrected chi connectivity index (χ2v) is 7.25. The first-order chi connectivity index (χ1) is 10.9. The van der Waals surface area contributed by atoms with Gasteiger partial charge in [0, 0.05) is 25.8 Å². The molecular formula is C16H26N5O2+. The van der Waals surface area contributed by atoms with Gasteiger partial charge in [-0.1, -0.05) is 5.21 Å². The van der Waals surface area contributed by atoms with Crippen molar-refractivity contribution in [2.24, 2.45) is 11.8 Å². The number of fused-ring (bicyclic) bond motifs is 3. The number of piperidine rings is 3. The van der Waals surface area contributed by atoms with Crippen molar-refractivity contribution in [1.82, 2.24) is 20.3 Å². The van der Waals surface area contributed by atoms with E-state index in [-0.39, 0.29) is 23.7 Å². The predicted molar refractivity (Wildman–Crippen MR) is 84.0 cm³/mol. The van der Waals surface area contributed by atoms with Crippen molar-refractivity contribution in [2.45, 2.75) is 52.2 Å². The fourth-order valence-electron chi connectivity index (χ4n) is 3.98. The Balaban J connectivity index is 1.62. The third-order valence-corrected chi connectivity index (χ3v) is 5.13. The normalized spacial score (nSPS) is 29.7. The maximum atomic E-state index is 12.4. The Labute approximate surface area is 136 Å². The molecule has 4 heterocycles. The van der Waals surface area contributed by atoms with E-state index in [0.717, 1.165) is 32.5 Å². The number of aromatic nitrogens is 3. The molecule has 1 amide bonds. The van der Waals surface area contributed by atoms with Crippen LogP contribution in [0.25, 0.3) is 0 Å². The highest BCUT2D eigenvalue weighted by Crippen LogP contribution is 2.27. The Morgan fingerprint density at radius 1 is 1.48 bits per heavy atom. The summed E-state index contributed by atoms with van der Waals surface area (Å²) in [7, 11) is 0. The van der Waals surface area contributed by atoms with Crippen LogP contribution in [0, 0.1) is 11.8 Å². The standard InChI is InChI=1S/C16H25N5O2/c1-10(2)17-16(23)14-8-20-5-4-12(14)6-13(20)7-21-9-15(11(3)22)18-19-21/h9-10,12-14H,4-8H2,1-3H3,(H,17,23)/p+1/t12-,13-,14+/m1/s1. The Kier molecular flexibility index (Phi) is 4.48. The second-order valence-electron chi connectivity index (χ2n) is 7.25. The van der Waals surface area contributed by atoms with Crippen LogP contribution >= 0.6 is 0 Å². The molecule has 1 aromatic rings. The summed E-state index contributed by atoms with van der Waals surface area (Å²) in [5, 5.41) is 11.0. The molecule has 126 valence electrons. The molecule has 0 aromatic carbocycles. The van der Waals surface area contributed by atoms with Crippen molar-refractivity contribution >= 4 is 11.7 Å². The molecule has 4 atom stereocenters. The molecule has 2 N–H and O–H groups in total. The highest BCUT2D eigenvalue weighted by molar-refractivity contribution is 5.91. The van der Waals surface area contributed by atoms with Gasteiger partial charge in [-0.2, -0.15) is 0 Å². The topological polar surface area (TPSA) is 81.3 Å². The van der Waals surface area contributed by atoms with E-state index in [4.69, 9.17) is 0 Å². The van der Waals surface area contributed by atoms with E-state index in [0.29, 0.717) is 17.7 Å². The second kappa shape index (κ2) is 6.39. The summed E-state index contributed by atoms with van der Waals surface area (Å²) in [6.07, 6.45) is 3.90. The van der Waals surface area contributed by atoms with E-state index in [2.05, 4.69) is 15.6 Å². The van der Waals surface area contributed by atoms with Gasteiger partial charge >= 0.3 is 0 Å². The molecule has 3 aliphatic rings. The van der Waals surface area contributed by atoms with Gasteiger partial charge in [-0.15, -0.1) is 5.10 Å². The van der Waals surface area contributed by atoms with Crippen LogP contribution in [0.1, 0.15) is 44.1 Å². The lowest BCUT2D eigenvalue weighted by atomic mass is 9.75. The summed E-state index contributed by atoms with van der Waals surface area (Å²) >= 11 is 0. The average Bonchev–Trinajstić information content (AvgIpc) is 2.96. The lowest BCUT2D eigenvalue weighted by Gasteiger charge is -2.46. The number of amides is 1. The zero-order chi connectivity index (χ0) is 16.6. The summed E-state index contributed by atoms with van der Waals surface area (Å²) in [6.45, 7) is 8.31. The first-order valence-electron chi connectivity index (χ1n) is 8.50. The third kappa shape index (κ3) is 3.44. The van der Waals surface area contributed by atoms with Crippen LogP contribution in [0.4, 0.5) is 0 Å². The zero-order valence-electron chi connectivity index (χ0n) is 14.1. The minimum absolute atomic E-state index is 0.0560. The number of nitrogens with one attached hydrogen (secondary N) is 2. The fourth-order valence-corrected chi connectivity index (χ4v) is 3.98. The molecule has 1 unspecified atom stereocenters. The predicted octanol–water partition coefficient (Wildman–Crippen LogP) is -0.701. The van der Waals surface area contributed by atoms with Crippen molar-refractivity contribution in [1.29, 1.82) is 0 Å². The smallest absolute Gasteiger partial charge is 0.229 e. The number of carbonyl (C=O) groups is 2. The number of hydrogen-bond acceptors (Lipinski definition) is 4. The van der Waals surface area contributed by atoms with Crippen molar-refractivity contribution in [3.63, 3.8) is 0 Å². The van der Waals surface area contributed by atoms with E-state index in [1.54, 1.807) is 10.9 Å². The molecule has 4 rings (SSSR count). The van der Waals surface area contributed by atoms with Crippen LogP contribution in [0.5, 0.6) is 0 Å². The summed E-state index contributed by atoms with van der Waals surface area (Å²) in [5.41, 5.74) is 0.421. The summed E-state index contributed by atoms with van der Waals surface area (Å²) in [5.74, 6) is 0.757. The monoisotopic (exact) mass is 320 g/mol. The van der Waals surface area contributed by atoms with Gasteiger partial charge in [0.2, 0.25) is 5.91 Å². The Hall–Kier alpha value is -1.76. The Morgan fingerprint density at radius 2 is 2.26 bits per heavy atom. The molecule has 1 aromatic heterocycles.